The molecule has 2 N–H and O–H groups in total. The highest BCUT2D eigenvalue weighted by Crippen LogP contribution is 2.33. The summed E-state index contributed by atoms with van der Waals surface area (Å²) in [6, 6.07) is 20.8. The average Bonchev–Trinajstić information content (AvgIpc) is 3.44. The van der Waals surface area contributed by atoms with Crippen molar-refractivity contribution in [1.29, 1.82) is 0 Å². The van der Waals surface area contributed by atoms with Crippen molar-refractivity contribution in [3.63, 3.8) is 0 Å². The van der Waals surface area contributed by atoms with Gasteiger partial charge in [0, 0.05) is 23.6 Å². The molecule has 4 aromatic rings. The lowest BCUT2D eigenvalue weighted by Gasteiger charge is -2.29. The summed E-state index contributed by atoms with van der Waals surface area (Å²) in [5.41, 5.74) is 5.07. The van der Waals surface area contributed by atoms with Crippen molar-refractivity contribution >= 4 is 39.1 Å². The Labute approximate surface area is 247 Å². The van der Waals surface area contributed by atoms with Gasteiger partial charge in [-0.15, -0.1) is 11.3 Å². The number of hydrogen-bond donors (Lipinski definition) is 2. The minimum absolute atomic E-state index is 0.0715. The Balaban J connectivity index is 1.30. The van der Waals surface area contributed by atoms with Crippen molar-refractivity contribution in [2.45, 2.75) is 25.6 Å². The molecular formula is C32H32N2O7S. The predicted octanol–water partition coefficient (Wildman–Crippen LogP) is 5.44. The smallest absolute Gasteiger partial charge is 0.337 e. The van der Waals surface area contributed by atoms with Crippen molar-refractivity contribution < 1.29 is 33.6 Å². The van der Waals surface area contributed by atoms with Crippen molar-refractivity contribution in [2.24, 2.45) is 0 Å². The highest BCUT2D eigenvalue weighted by molar-refractivity contribution is 7.21. The summed E-state index contributed by atoms with van der Waals surface area (Å²) in [4.78, 5) is 29.9. The molecule has 3 aromatic carbocycles. The third-order valence-electron chi connectivity index (χ3n) is 6.74. The van der Waals surface area contributed by atoms with Crippen LogP contribution >= 0.6 is 11.3 Å². The number of ether oxygens (including phenoxy) is 4. The number of nitrogens with zero attached hydrogens (tertiary/aromatic N) is 1. The summed E-state index contributed by atoms with van der Waals surface area (Å²) in [5, 5.41) is 12.7. The topological polar surface area (TPSA) is 116 Å². The van der Waals surface area contributed by atoms with Crippen molar-refractivity contribution in [3.8, 4) is 10.6 Å². The summed E-state index contributed by atoms with van der Waals surface area (Å²) in [7, 11) is 1.34. The van der Waals surface area contributed by atoms with E-state index in [9.17, 15) is 9.59 Å². The van der Waals surface area contributed by atoms with E-state index in [0.29, 0.717) is 17.7 Å². The van der Waals surface area contributed by atoms with E-state index in [1.54, 1.807) is 29.5 Å². The lowest BCUT2D eigenvalue weighted by Crippen LogP contribution is -2.30. The maximum absolute atomic E-state index is 13.3. The first-order valence-corrected chi connectivity index (χ1v) is 14.4. The number of anilines is 1. The van der Waals surface area contributed by atoms with E-state index >= 15 is 0 Å². The van der Waals surface area contributed by atoms with E-state index in [1.807, 2.05) is 42.5 Å². The number of esters is 1. The number of fused-ring (bicyclic) bond motifs is 1. The molecule has 1 aliphatic heterocycles. The molecule has 0 saturated carbocycles. The molecule has 0 saturated heterocycles. The van der Waals surface area contributed by atoms with Gasteiger partial charge in [0.2, 0.25) is 6.29 Å². The number of benzene rings is 3. The molecule has 0 fully saturated rings. The zero-order chi connectivity index (χ0) is 29.5. The molecule has 218 valence electrons. The third kappa shape index (κ3) is 7.21. The summed E-state index contributed by atoms with van der Waals surface area (Å²) in [6.45, 7) is 2.73. The maximum Gasteiger partial charge on any atom is 0.337 e. The van der Waals surface area contributed by atoms with Crippen LogP contribution in [0.15, 0.2) is 78.6 Å². The van der Waals surface area contributed by atoms with Crippen LogP contribution in [0.2, 0.25) is 0 Å². The molecule has 0 spiro atoms. The number of amides is 1. The Bertz CT molecular complexity index is 1560. The van der Waals surface area contributed by atoms with Gasteiger partial charge in [0.25, 0.3) is 5.91 Å². The normalized spacial score (nSPS) is 16.5. The van der Waals surface area contributed by atoms with Crippen LogP contribution in [0.5, 0.6) is 0 Å². The second kappa shape index (κ2) is 13.7. The van der Waals surface area contributed by atoms with E-state index in [-0.39, 0.29) is 38.1 Å². The number of rotatable bonds is 11. The van der Waals surface area contributed by atoms with Crippen LogP contribution < -0.4 is 5.32 Å². The number of carbonyl (C=O) groups is 2. The summed E-state index contributed by atoms with van der Waals surface area (Å²) < 4.78 is 23.0. The number of aliphatic hydroxyl groups excluding tert-OH is 1. The van der Waals surface area contributed by atoms with E-state index < -0.39 is 18.2 Å². The fourth-order valence-corrected chi connectivity index (χ4v) is 5.65. The molecule has 2 atom stereocenters. The zero-order valence-electron chi connectivity index (χ0n) is 23.4. The number of nitrogens with one attached hydrogen (secondary N) is 1. The number of hydrogen-bond acceptors (Lipinski definition) is 9. The van der Waals surface area contributed by atoms with Gasteiger partial charge in [-0.25, -0.2) is 9.78 Å². The van der Waals surface area contributed by atoms with Crippen molar-refractivity contribution in [3.05, 3.63) is 95.3 Å². The van der Waals surface area contributed by atoms with Gasteiger partial charge < -0.3 is 29.4 Å². The largest absolute Gasteiger partial charge is 0.465 e. The van der Waals surface area contributed by atoms with E-state index in [1.165, 1.54) is 12.7 Å². The van der Waals surface area contributed by atoms with Crippen LogP contribution in [-0.2, 0) is 23.7 Å². The fraction of sp³-hybridized carbons (Fsp3) is 0.281. The molecule has 1 amide bonds. The molecule has 0 radical (unpaired) electrons. The van der Waals surface area contributed by atoms with Gasteiger partial charge in [-0.1, -0.05) is 18.2 Å². The number of aryl methyl sites for hydroxylation is 1. The average molecular weight is 589 g/mol. The Morgan fingerprint density at radius 1 is 1.05 bits per heavy atom. The van der Waals surface area contributed by atoms with Crippen LogP contribution in [-0.4, -0.2) is 61.8 Å². The van der Waals surface area contributed by atoms with Gasteiger partial charge in [0.15, 0.2) is 5.76 Å². The molecule has 5 rings (SSSR count). The third-order valence-corrected chi connectivity index (χ3v) is 7.81. The quantitative estimate of drug-likeness (QED) is 0.176. The van der Waals surface area contributed by atoms with Crippen LogP contribution in [0, 0.1) is 6.92 Å². The maximum atomic E-state index is 13.3. The van der Waals surface area contributed by atoms with Gasteiger partial charge in [-0.2, -0.15) is 0 Å². The molecule has 10 heteroatoms. The van der Waals surface area contributed by atoms with Gasteiger partial charge in [0.1, 0.15) is 5.01 Å². The molecule has 9 nitrogen and oxygen atoms in total. The van der Waals surface area contributed by atoms with Crippen LogP contribution in [0.4, 0.5) is 5.69 Å². The van der Waals surface area contributed by atoms with Crippen LogP contribution in [0.25, 0.3) is 20.8 Å². The molecule has 0 bridgehead atoms. The monoisotopic (exact) mass is 588 g/mol. The van der Waals surface area contributed by atoms with Gasteiger partial charge in [-0.3, -0.25) is 4.79 Å². The first-order chi connectivity index (χ1) is 20.4. The van der Waals surface area contributed by atoms with Crippen molar-refractivity contribution in [1.82, 2.24) is 4.98 Å². The molecule has 0 unspecified atom stereocenters. The number of aliphatic hydroxyl groups is 1. The minimum atomic E-state index is -0.691. The number of allylic oxidation sites excluding steroid dienone is 1. The Hall–Kier alpha value is -4.09. The van der Waals surface area contributed by atoms with Crippen molar-refractivity contribution in [2.75, 3.05) is 38.9 Å². The Morgan fingerprint density at radius 3 is 2.57 bits per heavy atom. The van der Waals surface area contributed by atoms with E-state index in [0.717, 1.165) is 26.4 Å². The number of thiazole rings is 1. The van der Waals surface area contributed by atoms with Crippen LogP contribution in [0.1, 0.15) is 33.8 Å². The molecule has 1 aromatic heterocycles. The molecule has 0 aliphatic carbocycles. The Morgan fingerprint density at radius 2 is 1.83 bits per heavy atom. The van der Waals surface area contributed by atoms with Gasteiger partial charge >= 0.3 is 5.97 Å². The Kier molecular flexibility index (Phi) is 9.60. The predicted molar refractivity (Wildman–Crippen MR) is 160 cm³/mol. The second-order valence-electron chi connectivity index (χ2n) is 9.76. The molecule has 2 heterocycles. The first kappa shape index (κ1) is 29.4. The zero-order valence-corrected chi connectivity index (χ0v) is 24.2. The van der Waals surface area contributed by atoms with E-state index in [4.69, 9.17) is 29.0 Å². The highest BCUT2D eigenvalue weighted by Gasteiger charge is 2.29. The SMILES string of the molecule is COC(=O)c1ccc([C@H]2C=C(C(=O)Nc3ccc(-c4nc5ccc(C)cc5s4)cc3)O[C@@H](OCCOCCO)C2)cc1. The molecular weight excluding hydrogens is 556 g/mol. The summed E-state index contributed by atoms with van der Waals surface area (Å²) in [5.74, 6) is -0.883. The van der Waals surface area contributed by atoms with E-state index in [2.05, 4.69) is 24.4 Å². The first-order valence-electron chi connectivity index (χ1n) is 13.6. The standard InChI is InChI=1S/C32H32N2O7S/c1-20-3-12-26-28(17-20)42-31(34-26)22-8-10-25(11-9-22)33-30(36)27-18-24(19-29(41-27)40-16-15-39-14-13-35)21-4-6-23(7-5-21)32(37)38-2/h3-12,17-18,24,29,35H,13-16,19H2,1-2H3,(H,33,36)/t24-,29+/m0/s1. The lowest BCUT2D eigenvalue weighted by atomic mass is 9.92. The summed E-state index contributed by atoms with van der Waals surface area (Å²) in [6.07, 6.45) is 1.54. The summed E-state index contributed by atoms with van der Waals surface area (Å²) >= 11 is 1.63. The van der Waals surface area contributed by atoms with Gasteiger partial charge in [0.05, 0.1) is 49.3 Å². The number of aromatic nitrogens is 1. The lowest BCUT2D eigenvalue weighted by molar-refractivity contribution is -0.148. The molecule has 1 aliphatic rings. The number of methoxy groups -OCH3 is 1. The second-order valence-corrected chi connectivity index (χ2v) is 10.8. The number of carbonyl (C=O) groups excluding carboxylic acids is 2. The fourth-order valence-electron chi connectivity index (χ4n) is 4.58. The minimum Gasteiger partial charge on any atom is -0.465 e. The highest BCUT2D eigenvalue weighted by atomic mass is 32.1. The van der Waals surface area contributed by atoms with Crippen LogP contribution in [0.3, 0.4) is 0 Å². The molecule has 42 heavy (non-hydrogen) atoms. The van der Waals surface area contributed by atoms with Gasteiger partial charge in [-0.05, 0) is 72.7 Å².